The van der Waals surface area contributed by atoms with Gasteiger partial charge in [-0.2, -0.15) is 5.26 Å². The molecule has 0 fully saturated rings. The first kappa shape index (κ1) is 25.1. The van der Waals surface area contributed by atoms with Crippen LogP contribution in [0.25, 0.3) is 0 Å². The number of halogens is 1. The van der Waals surface area contributed by atoms with Crippen molar-refractivity contribution in [3.8, 4) is 17.6 Å². The summed E-state index contributed by atoms with van der Waals surface area (Å²) in [6.45, 7) is 3.94. The minimum absolute atomic E-state index is 0.0209. The first-order chi connectivity index (χ1) is 17.1. The van der Waals surface area contributed by atoms with E-state index in [2.05, 4.69) is 16.5 Å². The number of aromatic nitrogens is 1. The lowest BCUT2D eigenvalue weighted by Crippen LogP contribution is -2.50. The van der Waals surface area contributed by atoms with E-state index in [1.807, 2.05) is 13.8 Å². The molecule has 9 nitrogen and oxygen atoms in total. The summed E-state index contributed by atoms with van der Waals surface area (Å²) >= 11 is 6.12. The van der Waals surface area contributed by atoms with Crippen molar-refractivity contribution in [3.63, 3.8) is 0 Å². The van der Waals surface area contributed by atoms with Gasteiger partial charge in [-0.25, -0.2) is 9.99 Å². The summed E-state index contributed by atoms with van der Waals surface area (Å²) in [5, 5.41) is 11.5. The third-order valence-electron chi connectivity index (χ3n) is 6.34. The normalized spacial score (nSPS) is 18.9. The Hall–Kier alpha value is -4.03. The highest BCUT2D eigenvalue weighted by Crippen LogP contribution is 2.49. The lowest BCUT2D eigenvalue weighted by Gasteiger charge is -2.43. The molecule has 3 N–H and O–H groups in total. The maximum absolute atomic E-state index is 13.6. The minimum Gasteiger partial charge on any atom is -0.493 e. The van der Waals surface area contributed by atoms with Gasteiger partial charge in [0, 0.05) is 18.2 Å². The number of carbonyl (C=O) groups is 2. The largest absolute Gasteiger partial charge is 0.493 e. The fraction of sp³-hybridized carbons (Fsp3) is 0.308. The topological polar surface area (TPSA) is 131 Å². The van der Waals surface area contributed by atoms with Crippen molar-refractivity contribution in [2.75, 3.05) is 14.2 Å². The molecule has 2 heterocycles. The third-order valence-corrected chi connectivity index (χ3v) is 6.64. The fourth-order valence-corrected chi connectivity index (χ4v) is 4.92. The Labute approximate surface area is 214 Å². The molecule has 0 spiro atoms. The zero-order valence-corrected chi connectivity index (χ0v) is 21.1. The molecule has 1 amide bonds. The van der Waals surface area contributed by atoms with E-state index in [9.17, 15) is 14.9 Å². The van der Waals surface area contributed by atoms with Crippen molar-refractivity contribution < 1.29 is 19.1 Å². The van der Waals surface area contributed by atoms with Crippen molar-refractivity contribution in [2.45, 2.75) is 32.6 Å². The number of nitrogens with zero attached hydrogens (tertiary/aromatic N) is 3. The molecule has 0 radical (unpaired) electrons. The van der Waals surface area contributed by atoms with Crippen molar-refractivity contribution in [1.29, 1.82) is 5.26 Å². The van der Waals surface area contributed by atoms with Crippen LogP contribution in [0, 0.1) is 16.7 Å². The third kappa shape index (κ3) is 4.36. The predicted octanol–water partition coefficient (Wildman–Crippen LogP) is 3.83. The van der Waals surface area contributed by atoms with E-state index in [0.29, 0.717) is 34.8 Å². The molecule has 186 valence electrons. The Morgan fingerprint density at radius 3 is 2.61 bits per heavy atom. The van der Waals surface area contributed by atoms with Gasteiger partial charge in [-0.1, -0.05) is 31.5 Å². The van der Waals surface area contributed by atoms with Crippen LogP contribution in [-0.4, -0.2) is 35.9 Å². The fourth-order valence-electron chi connectivity index (χ4n) is 4.72. The number of hydrogen-bond acceptors (Lipinski definition) is 8. The molecule has 0 bridgehead atoms. The van der Waals surface area contributed by atoms with Crippen LogP contribution in [0.2, 0.25) is 5.15 Å². The molecule has 0 saturated carbocycles. The van der Waals surface area contributed by atoms with Crippen molar-refractivity contribution in [1.82, 2.24) is 15.4 Å². The maximum Gasteiger partial charge on any atom is 0.273 e. The molecule has 36 heavy (non-hydrogen) atoms. The summed E-state index contributed by atoms with van der Waals surface area (Å²) < 4.78 is 10.8. The number of ether oxygens (including phenoxy) is 2. The molecule has 0 saturated heterocycles. The smallest absolute Gasteiger partial charge is 0.273 e. The second kappa shape index (κ2) is 9.55. The highest BCUT2D eigenvalue weighted by Gasteiger charge is 2.45. The van der Waals surface area contributed by atoms with E-state index >= 15 is 0 Å². The van der Waals surface area contributed by atoms with Gasteiger partial charge in [-0.3, -0.25) is 15.0 Å². The molecule has 1 aromatic carbocycles. The zero-order valence-electron chi connectivity index (χ0n) is 20.4. The summed E-state index contributed by atoms with van der Waals surface area (Å²) in [6.07, 6.45) is 2.20. The molecular weight excluding hydrogens is 482 g/mol. The van der Waals surface area contributed by atoms with Gasteiger partial charge in [0.15, 0.2) is 17.3 Å². The van der Waals surface area contributed by atoms with Gasteiger partial charge in [0.25, 0.3) is 5.91 Å². The van der Waals surface area contributed by atoms with E-state index in [0.717, 1.165) is 0 Å². The Morgan fingerprint density at radius 2 is 1.97 bits per heavy atom. The molecule has 4 rings (SSSR count). The molecule has 2 aliphatic rings. The summed E-state index contributed by atoms with van der Waals surface area (Å²) in [7, 11) is 3.04. The summed E-state index contributed by atoms with van der Waals surface area (Å²) in [6, 6.07) is 10.5. The SMILES string of the molecule is COc1ccc(C2C(C#N)=C(N)N(NC(=O)c3cccnc3Cl)C3=C2C(=O)CC(C)(C)C3)cc1OC. The second-order valence-corrected chi connectivity index (χ2v) is 9.74. The minimum atomic E-state index is -0.733. The Morgan fingerprint density at radius 1 is 1.25 bits per heavy atom. The van der Waals surface area contributed by atoms with Gasteiger partial charge in [0.05, 0.1) is 43.0 Å². The van der Waals surface area contributed by atoms with E-state index in [-0.39, 0.29) is 34.3 Å². The average molecular weight is 508 g/mol. The number of methoxy groups -OCH3 is 2. The molecule has 1 aliphatic carbocycles. The molecule has 10 heteroatoms. The van der Waals surface area contributed by atoms with Crippen molar-refractivity contribution in [2.24, 2.45) is 11.1 Å². The number of rotatable bonds is 5. The number of Topliss-reactive ketones (excluding diaryl/α,β-unsaturated/α-hetero) is 1. The van der Waals surface area contributed by atoms with Crippen LogP contribution in [0.5, 0.6) is 11.5 Å². The summed E-state index contributed by atoms with van der Waals surface area (Å²) in [5.41, 5.74) is 10.7. The number of allylic oxidation sites excluding steroid dienone is 3. The van der Waals surface area contributed by atoms with Crippen LogP contribution >= 0.6 is 11.6 Å². The molecule has 2 aromatic rings. The van der Waals surface area contributed by atoms with Crippen molar-refractivity contribution >= 4 is 23.3 Å². The molecule has 1 atom stereocenters. The number of amides is 1. The number of pyridine rings is 1. The molecule has 1 unspecified atom stereocenters. The number of nitrogens with two attached hydrogens (primary N) is 1. The van der Waals surface area contributed by atoms with Gasteiger partial charge in [-0.05, 0) is 41.7 Å². The van der Waals surface area contributed by atoms with Gasteiger partial charge < -0.3 is 15.2 Å². The Balaban J connectivity index is 1.88. The molecule has 1 aromatic heterocycles. The number of ketones is 1. The number of hydrazine groups is 1. The second-order valence-electron chi connectivity index (χ2n) is 9.38. The number of benzene rings is 1. The highest BCUT2D eigenvalue weighted by atomic mass is 35.5. The van der Waals surface area contributed by atoms with Gasteiger partial charge in [-0.15, -0.1) is 0 Å². The highest BCUT2D eigenvalue weighted by molar-refractivity contribution is 6.32. The average Bonchev–Trinajstić information content (AvgIpc) is 2.84. The molecular formula is C26H26ClN5O4. The van der Waals surface area contributed by atoms with Gasteiger partial charge in [0.2, 0.25) is 0 Å². The summed E-state index contributed by atoms with van der Waals surface area (Å²) in [4.78, 5) is 30.6. The number of hydrogen-bond donors (Lipinski definition) is 2. The van der Waals surface area contributed by atoms with E-state index < -0.39 is 17.2 Å². The molecule has 1 aliphatic heterocycles. The van der Waals surface area contributed by atoms with E-state index in [4.69, 9.17) is 26.8 Å². The number of nitrogens with one attached hydrogen (secondary N) is 1. The van der Waals surface area contributed by atoms with Crippen molar-refractivity contribution in [3.05, 3.63) is 75.5 Å². The lowest BCUT2D eigenvalue weighted by atomic mass is 9.69. The van der Waals surface area contributed by atoms with Crippen LogP contribution in [-0.2, 0) is 4.79 Å². The van der Waals surface area contributed by atoms with Crippen LogP contribution in [0.3, 0.4) is 0 Å². The van der Waals surface area contributed by atoms with Crippen LogP contribution in [0.15, 0.2) is 59.2 Å². The Bertz CT molecular complexity index is 1360. The Kier molecular flexibility index (Phi) is 6.65. The number of nitriles is 1. The lowest BCUT2D eigenvalue weighted by molar-refractivity contribution is -0.118. The standard InChI is InChI=1S/C26H26ClN5O4/c1-26(2)11-17-22(18(33)12-26)21(14-7-8-19(35-3)20(10-14)36-4)16(13-28)24(29)32(17)31-25(34)15-6-5-9-30-23(15)27/h5-10,21H,11-12,29H2,1-4H3,(H,31,34). The first-order valence-electron chi connectivity index (χ1n) is 11.2. The quantitative estimate of drug-likeness (QED) is 0.584. The first-order valence-corrected chi connectivity index (χ1v) is 11.6. The van der Waals surface area contributed by atoms with Gasteiger partial charge in [0.1, 0.15) is 11.0 Å². The van der Waals surface area contributed by atoms with Gasteiger partial charge >= 0.3 is 0 Å². The van der Waals surface area contributed by atoms with E-state index in [1.54, 1.807) is 24.3 Å². The monoisotopic (exact) mass is 507 g/mol. The predicted molar refractivity (Wildman–Crippen MR) is 133 cm³/mol. The summed E-state index contributed by atoms with van der Waals surface area (Å²) in [5.74, 6) is -0.433. The maximum atomic E-state index is 13.6. The van der Waals surface area contributed by atoms with Crippen LogP contribution in [0.1, 0.15) is 48.5 Å². The van der Waals surface area contributed by atoms with Crippen LogP contribution in [0.4, 0.5) is 0 Å². The van der Waals surface area contributed by atoms with E-state index in [1.165, 1.54) is 31.5 Å². The number of carbonyl (C=O) groups excluding carboxylic acids is 2. The zero-order chi connectivity index (χ0) is 26.2. The van der Waals surface area contributed by atoms with Crippen LogP contribution < -0.4 is 20.6 Å².